The van der Waals surface area contributed by atoms with Crippen LogP contribution in [0.5, 0.6) is 0 Å². The monoisotopic (exact) mass is 325 g/mol. The van der Waals surface area contributed by atoms with Crippen molar-refractivity contribution in [1.29, 1.82) is 5.26 Å². The number of hydrogen-bond donors (Lipinski definition) is 0. The molecule has 1 aliphatic heterocycles. The number of hydrogen-bond acceptors (Lipinski definition) is 4. The third-order valence-electron chi connectivity index (χ3n) is 3.91. The number of rotatable bonds is 3. The van der Waals surface area contributed by atoms with E-state index in [1.807, 2.05) is 18.2 Å². The van der Waals surface area contributed by atoms with Crippen LogP contribution in [0.25, 0.3) is 0 Å². The lowest BCUT2D eigenvalue weighted by Crippen LogP contribution is -2.10. The second-order valence-corrected chi connectivity index (χ2v) is 5.76. The summed E-state index contributed by atoms with van der Waals surface area (Å²) < 4.78 is 0. The summed E-state index contributed by atoms with van der Waals surface area (Å²) in [5.41, 5.74) is 2.53. The molecule has 0 fully saturated rings. The van der Waals surface area contributed by atoms with E-state index in [1.54, 1.807) is 18.2 Å². The molecular formula is C17H12ClN3O2. The summed E-state index contributed by atoms with van der Waals surface area (Å²) in [6.45, 7) is 0. The van der Waals surface area contributed by atoms with Crippen LogP contribution in [0.4, 0.5) is 5.69 Å². The van der Waals surface area contributed by atoms with Crippen LogP contribution < -0.4 is 0 Å². The fourth-order valence-corrected chi connectivity index (χ4v) is 2.88. The Kier molecular flexibility index (Phi) is 4.09. The molecule has 0 saturated heterocycles. The summed E-state index contributed by atoms with van der Waals surface area (Å²) in [6.07, 6.45) is 0.570. The van der Waals surface area contributed by atoms with Crippen LogP contribution >= 0.6 is 11.6 Å². The fourth-order valence-electron chi connectivity index (χ4n) is 2.75. The molecule has 0 aromatic heterocycles. The lowest BCUT2D eigenvalue weighted by atomic mass is 9.89. The summed E-state index contributed by atoms with van der Waals surface area (Å²) in [6, 6.07) is 15.4. The number of nitro benzene ring substituents is 1. The SMILES string of the molecule is N#CC1N=C(c2ccc(Cl)cc2)C[C@@H]1c1cccc([N+](=O)[O-])c1. The molecule has 0 bridgehead atoms. The Morgan fingerprint density at radius 2 is 2.00 bits per heavy atom. The van der Waals surface area contributed by atoms with E-state index in [9.17, 15) is 15.4 Å². The van der Waals surface area contributed by atoms with Gasteiger partial charge in [-0.2, -0.15) is 5.26 Å². The number of nitrogens with zero attached hydrogens (tertiary/aromatic N) is 3. The van der Waals surface area contributed by atoms with Gasteiger partial charge in [0.15, 0.2) is 0 Å². The number of benzene rings is 2. The Hall–Kier alpha value is -2.71. The standard InChI is InChI=1S/C17H12ClN3O2/c18-13-6-4-11(5-7-13)16-9-15(17(10-19)20-16)12-2-1-3-14(8-12)21(22)23/h1-8,15,17H,9H2/t15-,17?/m1/s1. The highest BCUT2D eigenvalue weighted by Gasteiger charge is 2.31. The molecule has 0 radical (unpaired) electrons. The van der Waals surface area contributed by atoms with Crippen molar-refractivity contribution in [3.05, 3.63) is 74.8 Å². The van der Waals surface area contributed by atoms with Gasteiger partial charge in [0, 0.05) is 28.8 Å². The topological polar surface area (TPSA) is 79.3 Å². The number of non-ortho nitro benzene ring substituents is 1. The Morgan fingerprint density at radius 3 is 2.65 bits per heavy atom. The molecule has 0 aliphatic carbocycles. The molecule has 2 aromatic carbocycles. The van der Waals surface area contributed by atoms with E-state index in [1.165, 1.54) is 12.1 Å². The van der Waals surface area contributed by atoms with Crippen LogP contribution in [-0.2, 0) is 0 Å². The van der Waals surface area contributed by atoms with Gasteiger partial charge < -0.3 is 0 Å². The molecule has 1 heterocycles. The van der Waals surface area contributed by atoms with E-state index in [0.29, 0.717) is 11.4 Å². The molecule has 2 aromatic rings. The first kappa shape index (κ1) is 15.2. The maximum atomic E-state index is 10.9. The first-order valence-electron chi connectivity index (χ1n) is 7.05. The van der Waals surface area contributed by atoms with Crippen LogP contribution in [0.1, 0.15) is 23.5 Å². The molecule has 1 aliphatic rings. The molecule has 6 heteroatoms. The van der Waals surface area contributed by atoms with E-state index in [2.05, 4.69) is 11.1 Å². The third-order valence-corrected chi connectivity index (χ3v) is 4.16. The lowest BCUT2D eigenvalue weighted by Gasteiger charge is -2.12. The van der Waals surface area contributed by atoms with Gasteiger partial charge in [0.2, 0.25) is 0 Å². The normalized spacial score (nSPS) is 19.9. The maximum Gasteiger partial charge on any atom is 0.269 e. The molecule has 114 valence electrons. The van der Waals surface area contributed by atoms with Crippen LogP contribution in [0.3, 0.4) is 0 Å². The molecule has 0 amide bonds. The van der Waals surface area contributed by atoms with Gasteiger partial charge in [-0.05, 0) is 29.7 Å². The minimum Gasteiger partial charge on any atom is -0.270 e. The van der Waals surface area contributed by atoms with Crippen LogP contribution in [0.15, 0.2) is 53.5 Å². The highest BCUT2D eigenvalue weighted by Crippen LogP contribution is 2.34. The molecule has 1 unspecified atom stereocenters. The van der Waals surface area contributed by atoms with Crippen molar-refractivity contribution >= 4 is 23.0 Å². The van der Waals surface area contributed by atoms with Crippen molar-refractivity contribution in [3.63, 3.8) is 0 Å². The van der Waals surface area contributed by atoms with Crippen molar-refractivity contribution in [1.82, 2.24) is 0 Å². The maximum absolute atomic E-state index is 10.9. The Balaban J connectivity index is 1.91. The molecule has 0 saturated carbocycles. The predicted octanol–water partition coefficient (Wildman–Crippen LogP) is 4.12. The molecular weight excluding hydrogens is 314 g/mol. The zero-order valence-electron chi connectivity index (χ0n) is 12.0. The lowest BCUT2D eigenvalue weighted by molar-refractivity contribution is -0.384. The van der Waals surface area contributed by atoms with E-state index in [4.69, 9.17) is 11.6 Å². The Labute approximate surface area is 138 Å². The van der Waals surface area contributed by atoms with Crippen molar-refractivity contribution in [3.8, 4) is 6.07 Å². The smallest absolute Gasteiger partial charge is 0.269 e. The molecule has 2 atom stereocenters. The molecule has 5 nitrogen and oxygen atoms in total. The van der Waals surface area contributed by atoms with Crippen LogP contribution in [0, 0.1) is 21.4 Å². The van der Waals surface area contributed by atoms with Gasteiger partial charge >= 0.3 is 0 Å². The quantitative estimate of drug-likeness (QED) is 0.629. The largest absolute Gasteiger partial charge is 0.270 e. The minimum atomic E-state index is -0.539. The zero-order chi connectivity index (χ0) is 16.4. The Bertz CT molecular complexity index is 824. The zero-order valence-corrected chi connectivity index (χ0v) is 12.8. The fraction of sp³-hybridized carbons (Fsp3) is 0.176. The minimum absolute atomic E-state index is 0.0270. The van der Waals surface area contributed by atoms with Gasteiger partial charge in [0.05, 0.1) is 11.0 Å². The number of halogens is 1. The molecule has 0 spiro atoms. The number of aliphatic imine (C=N–C) groups is 1. The molecule has 0 N–H and O–H groups in total. The Morgan fingerprint density at radius 1 is 1.26 bits per heavy atom. The summed E-state index contributed by atoms with van der Waals surface area (Å²) in [5, 5.41) is 20.9. The van der Waals surface area contributed by atoms with Gasteiger partial charge in [-0.15, -0.1) is 0 Å². The summed E-state index contributed by atoms with van der Waals surface area (Å²) in [7, 11) is 0. The predicted molar refractivity (Wildman–Crippen MR) is 87.8 cm³/mol. The first-order valence-corrected chi connectivity index (χ1v) is 7.43. The van der Waals surface area contributed by atoms with Gasteiger partial charge in [-0.25, -0.2) is 0 Å². The van der Waals surface area contributed by atoms with E-state index in [-0.39, 0.29) is 11.6 Å². The second-order valence-electron chi connectivity index (χ2n) is 5.32. The first-order chi connectivity index (χ1) is 11.1. The average molecular weight is 326 g/mol. The van der Waals surface area contributed by atoms with Crippen molar-refractivity contribution < 1.29 is 4.92 Å². The van der Waals surface area contributed by atoms with Crippen molar-refractivity contribution in [2.75, 3.05) is 0 Å². The van der Waals surface area contributed by atoms with E-state index in [0.717, 1.165) is 16.8 Å². The molecule has 23 heavy (non-hydrogen) atoms. The van der Waals surface area contributed by atoms with Crippen LogP contribution in [0.2, 0.25) is 5.02 Å². The molecule has 3 rings (SSSR count). The third kappa shape index (κ3) is 3.08. The van der Waals surface area contributed by atoms with Crippen molar-refractivity contribution in [2.45, 2.75) is 18.4 Å². The van der Waals surface area contributed by atoms with Crippen LogP contribution in [-0.4, -0.2) is 16.7 Å². The number of nitro groups is 1. The summed E-state index contributed by atoms with van der Waals surface area (Å²) in [5.74, 6) is -0.175. The average Bonchev–Trinajstić information content (AvgIpc) is 3.00. The van der Waals surface area contributed by atoms with Crippen molar-refractivity contribution in [2.24, 2.45) is 4.99 Å². The highest BCUT2D eigenvalue weighted by atomic mass is 35.5. The van der Waals surface area contributed by atoms with Gasteiger partial charge in [0.1, 0.15) is 6.04 Å². The number of nitriles is 1. The van der Waals surface area contributed by atoms with E-state index < -0.39 is 11.0 Å². The van der Waals surface area contributed by atoms with Gasteiger partial charge in [-0.3, -0.25) is 15.1 Å². The summed E-state index contributed by atoms with van der Waals surface area (Å²) >= 11 is 5.89. The second kappa shape index (κ2) is 6.19. The van der Waals surface area contributed by atoms with E-state index >= 15 is 0 Å². The summed E-state index contributed by atoms with van der Waals surface area (Å²) in [4.78, 5) is 15.0. The van der Waals surface area contributed by atoms with Gasteiger partial charge in [-0.1, -0.05) is 35.9 Å². The van der Waals surface area contributed by atoms with Gasteiger partial charge in [0.25, 0.3) is 5.69 Å². The highest BCUT2D eigenvalue weighted by molar-refractivity contribution is 6.30.